The maximum atomic E-state index is 13.6. The highest BCUT2D eigenvalue weighted by Gasteiger charge is 2.25. The number of ether oxygens (including phenoxy) is 2. The Morgan fingerprint density at radius 2 is 2.38 bits per heavy atom. The Bertz CT molecular complexity index is 438. The van der Waals surface area contributed by atoms with Gasteiger partial charge in [0.25, 0.3) is 0 Å². The van der Waals surface area contributed by atoms with E-state index in [2.05, 4.69) is 15.9 Å². The van der Waals surface area contributed by atoms with Crippen LogP contribution in [0.2, 0.25) is 0 Å². The van der Waals surface area contributed by atoms with Crippen molar-refractivity contribution in [2.24, 2.45) is 5.73 Å². The highest BCUT2D eigenvalue weighted by Crippen LogP contribution is 2.31. The summed E-state index contributed by atoms with van der Waals surface area (Å²) in [6.07, 6.45) is -1.13. The number of fused-ring (bicyclic) bond motifs is 1. The Morgan fingerprint density at radius 1 is 1.62 bits per heavy atom. The average Bonchev–Trinajstić information content (AvgIpc) is 2.18. The molecule has 1 aliphatic heterocycles. The summed E-state index contributed by atoms with van der Waals surface area (Å²) in [6, 6.07) is 3.02. The molecule has 1 aromatic carbocycles. The molecule has 0 aliphatic carbocycles. The Hall–Kier alpha value is -1.30. The maximum Gasteiger partial charge on any atom is 0.404 e. The summed E-state index contributed by atoms with van der Waals surface area (Å²) < 4.78 is 24.2. The highest BCUT2D eigenvalue weighted by molar-refractivity contribution is 9.10. The third kappa shape index (κ3) is 2.27. The van der Waals surface area contributed by atoms with E-state index in [-0.39, 0.29) is 18.8 Å². The minimum Gasteiger partial charge on any atom is -0.489 e. The second-order valence-corrected chi connectivity index (χ2v) is 4.35. The van der Waals surface area contributed by atoms with Gasteiger partial charge >= 0.3 is 6.09 Å². The van der Waals surface area contributed by atoms with E-state index in [0.717, 1.165) is 0 Å². The topological polar surface area (TPSA) is 61.6 Å². The molecule has 2 N–H and O–H groups in total. The summed E-state index contributed by atoms with van der Waals surface area (Å²) >= 11 is 3.17. The molecule has 0 radical (unpaired) electrons. The molecule has 0 saturated carbocycles. The number of amides is 1. The first-order valence-electron chi connectivity index (χ1n) is 4.63. The van der Waals surface area contributed by atoms with Gasteiger partial charge in [0.05, 0.1) is 0 Å². The predicted octanol–water partition coefficient (Wildman–Crippen LogP) is 1.99. The van der Waals surface area contributed by atoms with E-state index in [4.69, 9.17) is 15.2 Å². The van der Waals surface area contributed by atoms with Crippen LogP contribution in [0.3, 0.4) is 0 Å². The summed E-state index contributed by atoms with van der Waals surface area (Å²) in [6.45, 7) is 0.186. The Balaban J connectivity index is 2.23. The molecule has 1 aromatic rings. The number of hydrogen-bond donors (Lipinski definition) is 1. The minimum absolute atomic E-state index is 0.186. The summed E-state index contributed by atoms with van der Waals surface area (Å²) in [4.78, 5) is 10.6. The molecule has 0 spiro atoms. The first-order valence-corrected chi connectivity index (χ1v) is 5.42. The summed E-state index contributed by atoms with van der Waals surface area (Å²) in [7, 11) is 0. The van der Waals surface area contributed by atoms with Crippen LogP contribution in [0, 0.1) is 5.82 Å². The van der Waals surface area contributed by atoms with Crippen LogP contribution < -0.4 is 10.5 Å². The van der Waals surface area contributed by atoms with E-state index in [1.54, 1.807) is 6.07 Å². The van der Waals surface area contributed by atoms with Gasteiger partial charge in [-0.15, -0.1) is 0 Å². The van der Waals surface area contributed by atoms with Gasteiger partial charge in [0.2, 0.25) is 0 Å². The molecule has 1 aliphatic rings. The minimum atomic E-state index is -0.880. The van der Waals surface area contributed by atoms with Crippen LogP contribution in [0.4, 0.5) is 9.18 Å². The van der Waals surface area contributed by atoms with Crippen LogP contribution >= 0.6 is 15.9 Å². The van der Waals surface area contributed by atoms with E-state index in [0.29, 0.717) is 15.8 Å². The zero-order valence-electron chi connectivity index (χ0n) is 8.20. The van der Waals surface area contributed by atoms with Crippen molar-refractivity contribution in [1.29, 1.82) is 0 Å². The first kappa shape index (κ1) is 11.2. The van der Waals surface area contributed by atoms with Crippen molar-refractivity contribution in [3.8, 4) is 5.75 Å². The number of benzene rings is 1. The SMILES string of the molecule is NC(=O)O[C@@H]1COc2cc(Br)cc(F)c2C1. The number of carbonyl (C=O) groups excluding carboxylic acids is 1. The van der Waals surface area contributed by atoms with Crippen molar-refractivity contribution in [2.75, 3.05) is 6.61 Å². The van der Waals surface area contributed by atoms with Crippen LogP contribution in [-0.4, -0.2) is 18.8 Å². The van der Waals surface area contributed by atoms with Crippen LogP contribution in [0.5, 0.6) is 5.75 Å². The van der Waals surface area contributed by atoms with Crippen LogP contribution in [-0.2, 0) is 11.2 Å². The van der Waals surface area contributed by atoms with E-state index >= 15 is 0 Å². The molecule has 86 valence electrons. The van der Waals surface area contributed by atoms with Gasteiger partial charge in [-0.2, -0.15) is 0 Å². The second kappa shape index (κ2) is 4.29. The second-order valence-electron chi connectivity index (χ2n) is 3.44. The van der Waals surface area contributed by atoms with Crippen LogP contribution in [0.25, 0.3) is 0 Å². The lowest BCUT2D eigenvalue weighted by Crippen LogP contribution is -2.33. The van der Waals surface area contributed by atoms with E-state index in [1.807, 2.05) is 0 Å². The van der Waals surface area contributed by atoms with Gasteiger partial charge in [0, 0.05) is 16.5 Å². The Labute approximate surface area is 99.6 Å². The largest absolute Gasteiger partial charge is 0.489 e. The molecule has 4 nitrogen and oxygen atoms in total. The third-order valence-corrected chi connectivity index (χ3v) is 2.72. The van der Waals surface area contributed by atoms with E-state index < -0.39 is 12.2 Å². The molecule has 0 bridgehead atoms. The molecule has 1 amide bonds. The van der Waals surface area contributed by atoms with E-state index in [9.17, 15) is 9.18 Å². The number of primary amides is 1. The molecule has 16 heavy (non-hydrogen) atoms. The number of rotatable bonds is 1. The molecule has 0 unspecified atom stereocenters. The number of nitrogens with two attached hydrogens (primary N) is 1. The fraction of sp³-hybridized carbons (Fsp3) is 0.300. The molecule has 1 heterocycles. The van der Waals surface area contributed by atoms with Crippen LogP contribution in [0.1, 0.15) is 5.56 Å². The van der Waals surface area contributed by atoms with Crippen molar-refractivity contribution in [3.63, 3.8) is 0 Å². The van der Waals surface area contributed by atoms with Crippen molar-refractivity contribution < 1.29 is 18.7 Å². The van der Waals surface area contributed by atoms with Gasteiger partial charge in [-0.3, -0.25) is 0 Å². The molecular weight excluding hydrogens is 281 g/mol. The molecule has 0 fully saturated rings. The van der Waals surface area contributed by atoms with Gasteiger partial charge in [-0.05, 0) is 12.1 Å². The number of carbonyl (C=O) groups is 1. The molecular formula is C10H9BrFNO3. The fourth-order valence-corrected chi connectivity index (χ4v) is 2.02. The molecule has 1 atom stereocenters. The Kier molecular flexibility index (Phi) is 3.00. The van der Waals surface area contributed by atoms with Gasteiger partial charge in [0.15, 0.2) is 0 Å². The summed E-state index contributed by atoms with van der Waals surface area (Å²) in [5.74, 6) is 0.0818. The lowest BCUT2D eigenvalue weighted by atomic mass is 10.0. The lowest BCUT2D eigenvalue weighted by molar-refractivity contribution is 0.0605. The lowest BCUT2D eigenvalue weighted by Gasteiger charge is -2.25. The Morgan fingerprint density at radius 3 is 3.06 bits per heavy atom. The van der Waals surface area contributed by atoms with Crippen molar-refractivity contribution in [1.82, 2.24) is 0 Å². The predicted molar refractivity (Wildman–Crippen MR) is 57.8 cm³/mol. The standard InChI is InChI=1S/C10H9BrFNO3/c11-5-1-8(12)7-3-6(16-10(13)14)4-15-9(7)2-5/h1-2,6H,3-4H2,(H2,13,14)/t6-/m0/s1. The molecule has 0 aromatic heterocycles. The van der Waals surface area contributed by atoms with Gasteiger partial charge in [0.1, 0.15) is 24.3 Å². The molecule has 2 rings (SSSR count). The van der Waals surface area contributed by atoms with Crippen molar-refractivity contribution in [3.05, 3.63) is 28.0 Å². The maximum absolute atomic E-state index is 13.6. The molecule has 6 heteroatoms. The first-order chi connectivity index (χ1) is 7.56. The fourth-order valence-electron chi connectivity index (χ4n) is 1.62. The summed E-state index contributed by atoms with van der Waals surface area (Å²) in [5.41, 5.74) is 5.29. The quantitative estimate of drug-likeness (QED) is 0.860. The van der Waals surface area contributed by atoms with Crippen LogP contribution in [0.15, 0.2) is 16.6 Å². The van der Waals surface area contributed by atoms with Gasteiger partial charge in [-0.1, -0.05) is 15.9 Å². The van der Waals surface area contributed by atoms with Gasteiger partial charge < -0.3 is 15.2 Å². The smallest absolute Gasteiger partial charge is 0.404 e. The zero-order valence-corrected chi connectivity index (χ0v) is 9.79. The van der Waals surface area contributed by atoms with Crippen molar-refractivity contribution >= 4 is 22.0 Å². The third-order valence-electron chi connectivity index (χ3n) is 2.26. The van der Waals surface area contributed by atoms with Gasteiger partial charge in [-0.25, -0.2) is 9.18 Å². The monoisotopic (exact) mass is 289 g/mol. The number of hydrogen-bond acceptors (Lipinski definition) is 3. The normalized spacial score (nSPS) is 18.5. The molecule has 0 saturated heterocycles. The number of halogens is 2. The summed E-state index contributed by atoms with van der Waals surface area (Å²) in [5, 5.41) is 0. The zero-order chi connectivity index (χ0) is 11.7. The van der Waals surface area contributed by atoms with E-state index in [1.165, 1.54) is 6.07 Å². The average molecular weight is 290 g/mol. The van der Waals surface area contributed by atoms with Crippen molar-refractivity contribution in [2.45, 2.75) is 12.5 Å². The highest BCUT2D eigenvalue weighted by atomic mass is 79.9.